The second-order valence-corrected chi connectivity index (χ2v) is 16.4. The van der Waals surface area contributed by atoms with Crippen LogP contribution in [0.15, 0.2) is 48.5 Å². The van der Waals surface area contributed by atoms with Crippen LogP contribution in [0.3, 0.4) is 0 Å². The summed E-state index contributed by atoms with van der Waals surface area (Å²) in [5.41, 5.74) is 2.43. The average molecular weight is 946 g/mol. The minimum atomic E-state index is -1.89. The van der Waals surface area contributed by atoms with E-state index in [4.69, 9.17) is 52.1 Å². The number of carbonyl (C=O) groups is 9. The molecule has 2 aromatic rings. The fourth-order valence-corrected chi connectivity index (χ4v) is 8.69. The van der Waals surface area contributed by atoms with Crippen LogP contribution < -0.4 is 5.32 Å². The summed E-state index contributed by atoms with van der Waals surface area (Å²) in [5.74, 6) is -6.55. The van der Waals surface area contributed by atoms with Gasteiger partial charge in [-0.2, -0.15) is 0 Å². The Kier molecular flexibility index (Phi) is 17.6. The van der Waals surface area contributed by atoms with Crippen LogP contribution >= 0.6 is 11.8 Å². The Hall–Kier alpha value is -6.10. The molecule has 1 amide bonds. The van der Waals surface area contributed by atoms with Crippen molar-refractivity contribution in [3.63, 3.8) is 0 Å². The van der Waals surface area contributed by atoms with E-state index < -0.39 is 133 Å². The van der Waals surface area contributed by atoms with Gasteiger partial charge in [-0.3, -0.25) is 38.4 Å². The summed E-state index contributed by atoms with van der Waals surface area (Å²) in [5, 5.41) is 1.76. The topological polar surface area (TPSA) is 267 Å². The third-order valence-electron chi connectivity index (χ3n) is 10.1. The first kappa shape index (κ1) is 50.9. The predicted octanol–water partition coefficient (Wildman–Crippen LogP) is 2.79. The molecule has 2 heterocycles. The number of fused-ring (bicyclic) bond motifs is 3. The highest BCUT2D eigenvalue weighted by atomic mass is 32.2. The molecule has 0 bridgehead atoms. The third kappa shape index (κ3) is 13.3. The second kappa shape index (κ2) is 22.9. The van der Waals surface area contributed by atoms with Gasteiger partial charge in [0.2, 0.25) is 5.12 Å². The zero-order chi connectivity index (χ0) is 48.4. The van der Waals surface area contributed by atoms with Crippen molar-refractivity contribution in [1.29, 1.82) is 0 Å². The van der Waals surface area contributed by atoms with Crippen LogP contribution in [-0.2, 0) is 90.5 Å². The van der Waals surface area contributed by atoms with Crippen LogP contribution in [0.25, 0.3) is 11.1 Å². The molecule has 2 aliphatic heterocycles. The molecule has 5 rings (SSSR count). The molecule has 2 saturated heterocycles. The molecule has 0 spiro atoms. The van der Waals surface area contributed by atoms with Crippen LogP contribution in [0.4, 0.5) is 4.79 Å². The number of alkyl carbamates (subject to hydrolysis) is 1. The van der Waals surface area contributed by atoms with Crippen LogP contribution in [-0.4, -0.2) is 139 Å². The van der Waals surface area contributed by atoms with Crippen LogP contribution in [0.2, 0.25) is 0 Å². The van der Waals surface area contributed by atoms with Gasteiger partial charge in [0.05, 0.1) is 6.04 Å². The number of ether oxygens (including phenoxy) is 11. The van der Waals surface area contributed by atoms with Crippen molar-refractivity contribution in [1.82, 2.24) is 5.32 Å². The molecule has 11 atom stereocenters. The quantitative estimate of drug-likeness (QED) is 0.187. The molecule has 1 unspecified atom stereocenters. The van der Waals surface area contributed by atoms with Gasteiger partial charge in [-0.15, -0.1) is 0 Å². The first-order valence-corrected chi connectivity index (χ1v) is 21.5. The maximum atomic E-state index is 13.9. The lowest BCUT2D eigenvalue weighted by Gasteiger charge is -2.48. The summed E-state index contributed by atoms with van der Waals surface area (Å²) in [7, 11) is 0. The summed E-state index contributed by atoms with van der Waals surface area (Å²) >= 11 is 0.443. The number of thioether (sulfide) groups is 1. The molecular formula is C44H51NO20S. The number of hydrogen-bond donors (Lipinski definition) is 1. The van der Waals surface area contributed by atoms with Crippen LogP contribution in [0.1, 0.15) is 72.4 Å². The standard InChI is InChI=1S/C44H51NO20S/c1-20(45-44(54)57-17-32-30-15-11-9-13-28(30)29-14-10-12-16-31(29)32)41(53)66-43-40(62-27(8)52)38(60-25(6)50)36(34(64-43)19-56-22(3)47)65-42-39(61-26(7)51)37(59-24(5)49)35(58-23(4)48)33(63-42)18-55-21(2)46/h9-16,20,32-40,42-43H,17-19H2,1-8H3,(H,45,54)/t20?,33-,34-,35-,36-,37+,38+,39-,40-,42+,43+/m1/s1. The van der Waals surface area contributed by atoms with Gasteiger partial charge in [-0.1, -0.05) is 60.3 Å². The molecule has 1 aliphatic carbocycles. The van der Waals surface area contributed by atoms with E-state index in [9.17, 15) is 43.2 Å². The summed E-state index contributed by atoms with van der Waals surface area (Å²) < 4.78 is 62.5. The van der Waals surface area contributed by atoms with Gasteiger partial charge < -0.3 is 57.4 Å². The lowest BCUT2D eigenvalue weighted by Crippen LogP contribution is -2.67. The number of hydrogen-bond acceptors (Lipinski definition) is 21. The first-order chi connectivity index (χ1) is 31.2. The molecule has 21 nitrogen and oxygen atoms in total. The molecule has 2 fully saturated rings. The van der Waals surface area contributed by atoms with E-state index in [0.717, 1.165) is 70.7 Å². The highest BCUT2D eigenvalue weighted by Crippen LogP contribution is 2.45. The van der Waals surface area contributed by atoms with Gasteiger partial charge in [-0.05, 0) is 29.2 Å². The molecule has 358 valence electrons. The van der Waals surface area contributed by atoms with Gasteiger partial charge in [-0.25, -0.2) is 4.79 Å². The maximum absolute atomic E-state index is 13.9. The molecule has 0 saturated carbocycles. The minimum Gasteiger partial charge on any atom is -0.463 e. The molecule has 22 heteroatoms. The summed E-state index contributed by atoms with van der Waals surface area (Å²) in [6.45, 7) is 7.29. The number of rotatable bonds is 16. The van der Waals surface area contributed by atoms with E-state index in [1.54, 1.807) is 0 Å². The summed E-state index contributed by atoms with van der Waals surface area (Å²) in [6, 6.07) is 14.2. The smallest absolute Gasteiger partial charge is 0.407 e. The van der Waals surface area contributed by atoms with Crippen molar-refractivity contribution < 1.29 is 95.3 Å². The molecule has 2 aromatic carbocycles. The Bertz CT molecular complexity index is 2120. The van der Waals surface area contributed by atoms with Crippen molar-refractivity contribution in [2.45, 2.75) is 128 Å². The fourth-order valence-electron chi connectivity index (χ4n) is 7.66. The Morgan fingerprint density at radius 3 is 1.47 bits per heavy atom. The number of esters is 7. The van der Waals surface area contributed by atoms with Crippen molar-refractivity contribution in [3.8, 4) is 11.1 Å². The summed E-state index contributed by atoms with van der Waals surface area (Å²) in [4.78, 5) is 114. The highest BCUT2D eigenvalue weighted by Gasteiger charge is 2.58. The van der Waals surface area contributed by atoms with E-state index in [1.807, 2.05) is 48.5 Å². The maximum Gasteiger partial charge on any atom is 0.407 e. The van der Waals surface area contributed by atoms with Crippen LogP contribution in [0, 0.1) is 0 Å². The number of nitrogens with one attached hydrogen (secondary N) is 1. The predicted molar refractivity (Wildman–Crippen MR) is 223 cm³/mol. The fraction of sp³-hybridized carbons (Fsp3) is 0.523. The average Bonchev–Trinajstić information content (AvgIpc) is 3.55. The van der Waals surface area contributed by atoms with E-state index in [-0.39, 0.29) is 12.5 Å². The minimum absolute atomic E-state index is 0.0446. The molecule has 0 radical (unpaired) electrons. The molecule has 66 heavy (non-hydrogen) atoms. The van der Waals surface area contributed by atoms with Crippen molar-refractivity contribution >= 4 is 64.8 Å². The second-order valence-electron chi connectivity index (χ2n) is 15.3. The zero-order valence-electron chi connectivity index (χ0n) is 37.2. The molecule has 0 aromatic heterocycles. The SMILES string of the molecule is CC(=O)OC[C@H]1O[C@@H](SC(=O)C(C)NC(=O)OCC2c3ccccc3-c3ccccc32)[C@H](OC(C)=O)[C@@H](OC(C)=O)[C@@H]1O[C@@H]1O[C@H](COC(C)=O)[C@@H](OC(C)=O)[C@H](OC(C)=O)[C@H]1OC(C)=O. The lowest BCUT2D eigenvalue weighted by atomic mass is 9.96. The highest BCUT2D eigenvalue weighted by molar-refractivity contribution is 8.14. The van der Waals surface area contributed by atoms with E-state index in [1.165, 1.54) is 6.92 Å². The Labute approximate surface area is 383 Å². The van der Waals surface area contributed by atoms with Crippen molar-refractivity contribution in [3.05, 3.63) is 59.7 Å². The van der Waals surface area contributed by atoms with Crippen molar-refractivity contribution in [2.75, 3.05) is 19.8 Å². The van der Waals surface area contributed by atoms with Crippen LogP contribution in [0.5, 0.6) is 0 Å². The van der Waals surface area contributed by atoms with E-state index >= 15 is 0 Å². The van der Waals surface area contributed by atoms with Gasteiger partial charge in [0, 0.05) is 54.4 Å². The Morgan fingerprint density at radius 1 is 0.530 bits per heavy atom. The summed E-state index contributed by atoms with van der Waals surface area (Å²) in [6.07, 6.45) is -16.0. The van der Waals surface area contributed by atoms with E-state index in [2.05, 4.69) is 5.32 Å². The number of amides is 1. The van der Waals surface area contributed by atoms with Gasteiger partial charge in [0.25, 0.3) is 0 Å². The number of benzene rings is 2. The molecular weight excluding hydrogens is 895 g/mol. The number of carbonyl (C=O) groups excluding carboxylic acids is 9. The Balaban J connectivity index is 1.42. The normalized spacial score (nSPS) is 25.9. The zero-order valence-corrected chi connectivity index (χ0v) is 38.1. The van der Waals surface area contributed by atoms with Gasteiger partial charge >= 0.3 is 47.9 Å². The van der Waals surface area contributed by atoms with Gasteiger partial charge in [0.15, 0.2) is 42.2 Å². The Morgan fingerprint density at radius 2 is 0.970 bits per heavy atom. The third-order valence-corrected chi connectivity index (χ3v) is 11.3. The monoisotopic (exact) mass is 945 g/mol. The van der Waals surface area contributed by atoms with E-state index in [0.29, 0.717) is 11.8 Å². The molecule has 1 N–H and O–H groups in total. The molecule has 3 aliphatic rings. The van der Waals surface area contributed by atoms with Crippen molar-refractivity contribution in [2.24, 2.45) is 0 Å². The first-order valence-electron chi connectivity index (χ1n) is 20.6. The van der Waals surface area contributed by atoms with Gasteiger partial charge in [0.1, 0.15) is 38.1 Å². The lowest BCUT2D eigenvalue weighted by molar-refractivity contribution is -0.341. The largest absolute Gasteiger partial charge is 0.463 e.